The maximum atomic E-state index is 12.7. The zero-order valence-corrected chi connectivity index (χ0v) is 13.6. The predicted octanol–water partition coefficient (Wildman–Crippen LogP) is 3.22. The molecule has 2 aromatic carbocycles. The van der Waals surface area contributed by atoms with Crippen LogP contribution in [0.4, 0.5) is 11.4 Å². The van der Waals surface area contributed by atoms with Crippen molar-refractivity contribution in [3.8, 4) is 0 Å². The van der Waals surface area contributed by atoms with Crippen molar-refractivity contribution in [2.75, 3.05) is 10.2 Å². The van der Waals surface area contributed by atoms with Crippen LogP contribution in [0.3, 0.4) is 0 Å². The summed E-state index contributed by atoms with van der Waals surface area (Å²) in [5.74, 6) is -0.269. The third-order valence-electron chi connectivity index (χ3n) is 4.39. The number of hydrogen-bond acceptors (Lipinski definition) is 2. The molecule has 1 aliphatic heterocycles. The summed E-state index contributed by atoms with van der Waals surface area (Å²) >= 11 is 0. The number of fused-ring (bicyclic) bond motifs is 1. The van der Waals surface area contributed by atoms with Crippen LogP contribution in [-0.2, 0) is 16.0 Å². The number of amides is 2. The number of para-hydroxylation sites is 1. The molecule has 0 saturated carbocycles. The molecule has 0 saturated heterocycles. The molecule has 1 aliphatic rings. The molecule has 4 nitrogen and oxygen atoms in total. The Morgan fingerprint density at radius 1 is 1.09 bits per heavy atom. The van der Waals surface area contributed by atoms with E-state index in [1.807, 2.05) is 56.3 Å². The molecule has 3 rings (SSSR count). The summed E-state index contributed by atoms with van der Waals surface area (Å²) in [6, 6.07) is 13.0. The van der Waals surface area contributed by atoms with Crippen molar-refractivity contribution < 1.29 is 9.59 Å². The average Bonchev–Trinajstić information content (AvgIpc) is 2.90. The van der Waals surface area contributed by atoms with Crippen LogP contribution in [0.2, 0.25) is 0 Å². The minimum absolute atomic E-state index is 0.116. The third-order valence-corrected chi connectivity index (χ3v) is 4.39. The Morgan fingerprint density at radius 3 is 2.52 bits per heavy atom. The lowest BCUT2D eigenvalue weighted by molar-refractivity contribution is -0.122. The molecule has 0 spiro atoms. The Labute approximate surface area is 136 Å². The molecule has 0 bridgehead atoms. The van der Waals surface area contributed by atoms with Crippen LogP contribution in [0.5, 0.6) is 0 Å². The molecular formula is C19H20N2O2. The highest BCUT2D eigenvalue weighted by molar-refractivity contribution is 6.06. The molecule has 1 atom stereocenters. The second-order valence-electron chi connectivity index (χ2n) is 6.03. The molecule has 1 N–H and O–H groups in total. The molecule has 1 unspecified atom stereocenters. The van der Waals surface area contributed by atoms with Gasteiger partial charge in [-0.05, 0) is 48.7 Å². The number of nitrogens with one attached hydrogen (secondary N) is 1. The molecule has 4 heteroatoms. The second-order valence-corrected chi connectivity index (χ2v) is 6.03. The molecule has 2 amide bonds. The average molecular weight is 308 g/mol. The van der Waals surface area contributed by atoms with E-state index in [2.05, 4.69) is 5.32 Å². The number of carbonyl (C=O) groups excluding carboxylic acids is 2. The largest absolute Gasteiger partial charge is 0.324 e. The minimum Gasteiger partial charge on any atom is -0.324 e. The van der Waals surface area contributed by atoms with Gasteiger partial charge >= 0.3 is 0 Å². The van der Waals surface area contributed by atoms with Crippen molar-refractivity contribution in [3.63, 3.8) is 0 Å². The first-order valence-electron chi connectivity index (χ1n) is 7.73. The monoisotopic (exact) mass is 308 g/mol. The number of benzene rings is 2. The minimum atomic E-state index is -0.494. The van der Waals surface area contributed by atoms with Gasteiger partial charge in [0.15, 0.2) is 0 Å². The van der Waals surface area contributed by atoms with E-state index in [1.165, 1.54) is 12.5 Å². The number of aryl methyl sites for hydroxylation is 2. The standard InChI is InChI=1S/C19H20N2O2/c1-12-8-9-16(10-13(12)2)20-19(23)18-11-15-6-4-5-7-17(15)21(18)14(3)22/h4-10,18H,11H2,1-3H3,(H,20,23). The Bertz CT molecular complexity index is 783. The van der Waals surface area contributed by atoms with E-state index in [4.69, 9.17) is 0 Å². The lowest BCUT2D eigenvalue weighted by Gasteiger charge is -2.23. The first-order chi connectivity index (χ1) is 11.0. The van der Waals surface area contributed by atoms with E-state index in [0.29, 0.717) is 6.42 Å². The van der Waals surface area contributed by atoms with Crippen LogP contribution in [0.15, 0.2) is 42.5 Å². The van der Waals surface area contributed by atoms with Crippen molar-refractivity contribution in [1.82, 2.24) is 0 Å². The SMILES string of the molecule is CC(=O)N1c2ccccc2CC1C(=O)Nc1ccc(C)c(C)c1. The smallest absolute Gasteiger partial charge is 0.247 e. The van der Waals surface area contributed by atoms with Crippen molar-refractivity contribution in [2.45, 2.75) is 33.2 Å². The highest BCUT2D eigenvalue weighted by atomic mass is 16.2. The topological polar surface area (TPSA) is 49.4 Å². The quantitative estimate of drug-likeness (QED) is 0.926. The van der Waals surface area contributed by atoms with Gasteiger partial charge in [-0.25, -0.2) is 0 Å². The Morgan fingerprint density at radius 2 is 1.83 bits per heavy atom. The van der Waals surface area contributed by atoms with Crippen molar-refractivity contribution in [3.05, 3.63) is 59.2 Å². The summed E-state index contributed by atoms with van der Waals surface area (Å²) < 4.78 is 0. The van der Waals surface area contributed by atoms with Crippen LogP contribution < -0.4 is 10.2 Å². The number of nitrogens with zero attached hydrogens (tertiary/aromatic N) is 1. The Balaban J connectivity index is 1.85. The van der Waals surface area contributed by atoms with Crippen molar-refractivity contribution >= 4 is 23.2 Å². The van der Waals surface area contributed by atoms with E-state index < -0.39 is 6.04 Å². The predicted molar refractivity (Wildman–Crippen MR) is 91.6 cm³/mol. The number of hydrogen-bond donors (Lipinski definition) is 1. The van der Waals surface area contributed by atoms with E-state index >= 15 is 0 Å². The van der Waals surface area contributed by atoms with E-state index in [1.54, 1.807) is 4.90 Å². The van der Waals surface area contributed by atoms with Gasteiger partial charge < -0.3 is 5.32 Å². The summed E-state index contributed by atoms with van der Waals surface area (Å²) in [6.07, 6.45) is 0.548. The summed E-state index contributed by atoms with van der Waals surface area (Å²) in [5.41, 5.74) is 4.93. The van der Waals surface area contributed by atoms with E-state index in [-0.39, 0.29) is 11.8 Å². The molecule has 1 heterocycles. The van der Waals surface area contributed by atoms with Gasteiger partial charge in [-0.15, -0.1) is 0 Å². The molecule has 0 aliphatic carbocycles. The van der Waals surface area contributed by atoms with Gasteiger partial charge in [-0.3, -0.25) is 14.5 Å². The second kappa shape index (κ2) is 5.88. The van der Waals surface area contributed by atoms with Gasteiger partial charge in [0.05, 0.1) is 0 Å². The Kier molecular flexibility index (Phi) is 3.90. The van der Waals surface area contributed by atoms with Gasteiger partial charge in [-0.2, -0.15) is 0 Å². The number of rotatable bonds is 2. The molecule has 0 radical (unpaired) electrons. The van der Waals surface area contributed by atoms with Crippen LogP contribution in [0, 0.1) is 13.8 Å². The van der Waals surface area contributed by atoms with Crippen LogP contribution in [-0.4, -0.2) is 17.9 Å². The molecule has 0 aromatic heterocycles. The van der Waals surface area contributed by atoms with E-state index in [9.17, 15) is 9.59 Å². The summed E-state index contributed by atoms with van der Waals surface area (Å²) in [6.45, 7) is 5.54. The highest BCUT2D eigenvalue weighted by Crippen LogP contribution is 2.32. The molecule has 23 heavy (non-hydrogen) atoms. The fourth-order valence-corrected chi connectivity index (χ4v) is 3.03. The van der Waals surface area contributed by atoms with Gasteiger partial charge in [0.2, 0.25) is 11.8 Å². The lowest BCUT2D eigenvalue weighted by atomic mass is 10.1. The normalized spacial score (nSPS) is 16.1. The van der Waals surface area contributed by atoms with Crippen molar-refractivity contribution in [1.29, 1.82) is 0 Å². The maximum Gasteiger partial charge on any atom is 0.247 e. The number of anilines is 2. The van der Waals surface area contributed by atoms with Gasteiger partial charge in [0, 0.05) is 24.7 Å². The fourth-order valence-electron chi connectivity index (χ4n) is 3.03. The fraction of sp³-hybridized carbons (Fsp3) is 0.263. The first kappa shape index (κ1) is 15.3. The highest BCUT2D eigenvalue weighted by Gasteiger charge is 2.36. The Hall–Kier alpha value is -2.62. The van der Waals surface area contributed by atoms with Gasteiger partial charge in [0.25, 0.3) is 0 Å². The summed E-state index contributed by atoms with van der Waals surface area (Å²) in [5, 5.41) is 2.94. The van der Waals surface area contributed by atoms with Gasteiger partial charge in [0.1, 0.15) is 6.04 Å². The maximum absolute atomic E-state index is 12.7. The number of carbonyl (C=O) groups is 2. The third kappa shape index (κ3) is 2.84. The summed E-state index contributed by atoms with van der Waals surface area (Å²) in [7, 11) is 0. The zero-order valence-electron chi connectivity index (χ0n) is 13.6. The first-order valence-corrected chi connectivity index (χ1v) is 7.73. The van der Waals surface area contributed by atoms with Crippen LogP contribution >= 0.6 is 0 Å². The van der Waals surface area contributed by atoms with Crippen LogP contribution in [0.25, 0.3) is 0 Å². The molecule has 118 valence electrons. The molecule has 0 fully saturated rings. The molecular weight excluding hydrogens is 288 g/mol. The van der Waals surface area contributed by atoms with Gasteiger partial charge in [-0.1, -0.05) is 24.3 Å². The van der Waals surface area contributed by atoms with E-state index in [0.717, 1.165) is 22.5 Å². The molecule has 2 aromatic rings. The van der Waals surface area contributed by atoms with Crippen molar-refractivity contribution in [2.24, 2.45) is 0 Å². The summed E-state index contributed by atoms with van der Waals surface area (Å²) in [4.78, 5) is 26.3. The zero-order chi connectivity index (χ0) is 16.6. The lowest BCUT2D eigenvalue weighted by Crippen LogP contribution is -2.44. The van der Waals surface area contributed by atoms with Crippen LogP contribution in [0.1, 0.15) is 23.6 Å².